The molecule has 1 unspecified atom stereocenters. The third kappa shape index (κ3) is 5.25. The maximum atomic E-state index is 12.1. The number of sulfonamides is 1. The minimum absolute atomic E-state index is 0.176. The number of fused-ring (bicyclic) bond motifs is 1. The fraction of sp³-hybridized carbons (Fsp3) is 0.500. The summed E-state index contributed by atoms with van der Waals surface area (Å²) in [6.07, 6.45) is 0.675. The van der Waals surface area contributed by atoms with Gasteiger partial charge in [-0.3, -0.25) is 14.5 Å². The number of amidine groups is 1. The van der Waals surface area contributed by atoms with Crippen molar-refractivity contribution >= 4 is 21.8 Å². The molecular formula is C16H23N3O5S. The molecule has 1 aliphatic heterocycles. The lowest BCUT2D eigenvalue weighted by Crippen LogP contribution is -2.34. The van der Waals surface area contributed by atoms with Gasteiger partial charge < -0.3 is 14.8 Å². The first-order chi connectivity index (χ1) is 12.0. The van der Waals surface area contributed by atoms with E-state index in [9.17, 15) is 13.2 Å². The topological polar surface area (TPSA) is 106 Å². The lowest BCUT2D eigenvalue weighted by Gasteiger charge is -2.10. The van der Waals surface area contributed by atoms with Crippen LogP contribution in [-0.4, -0.2) is 59.7 Å². The van der Waals surface area contributed by atoms with Crippen LogP contribution in [-0.2, 0) is 24.3 Å². The number of amides is 1. The molecule has 25 heavy (non-hydrogen) atoms. The van der Waals surface area contributed by atoms with Gasteiger partial charge in [0.2, 0.25) is 5.91 Å². The maximum absolute atomic E-state index is 12.1. The van der Waals surface area contributed by atoms with Crippen LogP contribution in [0.3, 0.4) is 0 Å². The van der Waals surface area contributed by atoms with Gasteiger partial charge in [0, 0.05) is 25.8 Å². The third-order valence-corrected chi connectivity index (χ3v) is 4.96. The Labute approximate surface area is 147 Å². The predicted octanol–water partition coefficient (Wildman–Crippen LogP) is 0.283. The Morgan fingerprint density at radius 1 is 1.28 bits per heavy atom. The smallest absolute Gasteiger partial charge is 0.263 e. The van der Waals surface area contributed by atoms with Crippen LogP contribution in [0.4, 0.5) is 0 Å². The second-order valence-corrected chi connectivity index (χ2v) is 7.16. The predicted molar refractivity (Wildman–Crippen MR) is 93.1 cm³/mol. The summed E-state index contributed by atoms with van der Waals surface area (Å²) in [5.74, 6) is -0.0749. The largest absolute Gasteiger partial charge is 0.382 e. The number of benzene rings is 1. The molecule has 0 saturated carbocycles. The molecule has 0 radical (unpaired) electrons. The number of nitrogens with zero attached hydrogens (tertiary/aromatic N) is 1. The number of aliphatic imine (C=N–C) groups is 1. The quantitative estimate of drug-likeness (QED) is 0.608. The summed E-state index contributed by atoms with van der Waals surface area (Å²) in [6.45, 7) is 3.67. The van der Waals surface area contributed by atoms with Gasteiger partial charge in [-0.05, 0) is 25.5 Å². The highest BCUT2D eigenvalue weighted by molar-refractivity contribution is 7.90. The zero-order chi connectivity index (χ0) is 18.3. The van der Waals surface area contributed by atoms with E-state index >= 15 is 0 Å². The fourth-order valence-electron chi connectivity index (χ4n) is 2.26. The van der Waals surface area contributed by atoms with Crippen molar-refractivity contribution < 1.29 is 22.7 Å². The van der Waals surface area contributed by atoms with Gasteiger partial charge >= 0.3 is 0 Å². The van der Waals surface area contributed by atoms with Crippen molar-refractivity contribution in [1.29, 1.82) is 0 Å². The Bertz CT molecular complexity index is 733. The van der Waals surface area contributed by atoms with Crippen LogP contribution in [0, 0.1) is 0 Å². The van der Waals surface area contributed by atoms with Crippen molar-refractivity contribution in [2.24, 2.45) is 4.99 Å². The highest BCUT2D eigenvalue weighted by atomic mass is 32.2. The molecule has 9 heteroatoms. The van der Waals surface area contributed by atoms with Gasteiger partial charge in [0.15, 0.2) is 0 Å². The molecule has 0 saturated heterocycles. The maximum Gasteiger partial charge on any atom is 0.263 e. The van der Waals surface area contributed by atoms with Crippen molar-refractivity contribution in [3.05, 3.63) is 29.8 Å². The standard InChI is InChI=1S/C16H23N3O5S/c1-12(16(20)17-8-5-9-24-11-10-23-2)18-15-13-6-3-4-7-14(13)25(21,22)19-15/h3-4,6-7,12H,5,8-11H2,1-2H3,(H,17,20)(H,18,19). The van der Waals surface area contributed by atoms with E-state index in [1.807, 2.05) is 0 Å². The number of hydrogen-bond acceptors (Lipinski definition) is 6. The van der Waals surface area contributed by atoms with Crippen molar-refractivity contribution in [2.45, 2.75) is 24.3 Å². The molecule has 1 amide bonds. The monoisotopic (exact) mass is 369 g/mol. The number of methoxy groups -OCH3 is 1. The summed E-state index contributed by atoms with van der Waals surface area (Å²) in [7, 11) is -1.99. The minimum atomic E-state index is -3.60. The number of ether oxygens (including phenoxy) is 2. The molecular weight excluding hydrogens is 346 g/mol. The Hall–Kier alpha value is -1.97. The average Bonchev–Trinajstić information content (AvgIpc) is 2.85. The number of rotatable bonds is 9. The van der Waals surface area contributed by atoms with E-state index in [2.05, 4.69) is 15.0 Å². The van der Waals surface area contributed by atoms with Crippen molar-refractivity contribution in [1.82, 2.24) is 10.0 Å². The lowest BCUT2D eigenvalue weighted by atomic mass is 10.2. The SMILES string of the molecule is COCCOCCCNC(=O)C(C)N=C1NS(=O)(=O)c2ccccc21. The molecule has 1 aromatic carbocycles. The van der Waals surface area contributed by atoms with Crippen LogP contribution in [0.1, 0.15) is 18.9 Å². The van der Waals surface area contributed by atoms with Crippen LogP contribution in [0.15, 0.2) is 34.2 Å². The van der Waals surface area contributed by atoms with E-state index in [1.54, 1.807) is 32.2 Å². The zero-order valence-corrected chi connectivity index (χ0v) is 15.1. The van der Waals surface area contributed by atoms with Crippen molar-refractivity contribution in [2.75, 3.05) is 33.5 Å². The van der Waals surface area contributed by atoms with E-state index in [0.29, 0.717) is 38.3 Å². The van der Waals surface area contributed by atoms with Gasteiger partial charge in [-0.15, -0.1) is 0 Å². The summed E-state index contributed by atoms with van der Waals surface area (Å²) in [4.78, 5) is 16.5. The molecule has 2 rings (SSSR count). The molecule has 1 aliphatic rings. The molecule has 8 nitrogen and oxygen atoms in total. The van der Waals surface area contributed by atoms with Crippen LogP contribution in [0.5, 0.6) is 0 Å². The van der Waals surface area contributed by atoms with Gasteiger partial charge in [0.1, 0.15) is 11.9 Å². The Balaban J connectivity index is 1.86. The number of nitrogens with one attached hydrogen (secondary N) is 2. The summed E-state index contributed by atoms with van der Waals surface area (Å²) >= 11 is 0. The first-order valence-corrected chi connectivity index (χ1v) is 9.48. The van der Waals surface area contributed by atoms with Crippen molar-refractivity contribution in [3.63, 3.8) is 0 Å². The summed E-state index contributed by atoms with van der Waals surface area (Å²) in [5, 5.41) is 2.76. The molecule has 1 aromatic rings. The average molecular weight is 369 g/mol. The summed E-state index contributed by atoms with van der Waals surface area (Å²) in [6, 6.07) is 5.83. The molecule has 0 spiro atoms. The van der Waals surface area contributed by atoms with Crippen LogP contribution in [0.2, 0.25) is 0 Å². The molecule has 0 aromatic heterocycles. The van der Waals surface area contributed by atoms with Gasteiger partial charge in [-0.1, -0.05) is 12.1 Å². The molecule has 0 bridgehead atoms. The summed E-state index contributed by atoms with van der Waals surface area (Å²) in [5.41, 5.74) is 0.480. The number of carbonyl (C=O) groups excluding carboxylic acids is 1. The third-order valence-electron chi connectivity index (χ3n) is 3.56. The highest BCUT2D eigenvalue weighted by Crippen LogP contribution is 2.22. The van der Waals surface area contributed by atoms with Gasteiger partial charge in [0.05, 0.1) is 18.1 Å². The van der Waals surface area contributed by atoms with Crippen LogP contribution >= 0.6 is 0 Å². The number of carbonyl (C=O) groups is 1. The van der Waals surface area contributed by atoms with E-state index < -0.39 is 16.1 Å². The van der Waals surface area contributed by atoms with Gasteiger partial charge in [0.25, 0.3) is 10.0 Å². The minimum Gasteiger partial charge on any atom is -0.382 e. The fourth-order valence-corrected chi connectivity index (χ4v) is 3.50. The molecule has 0 aliphatic carbocycles. The first kappa shape index (κ1) is 19.4. The van der Waals surface area contributed by atoms with Crippen LogP contribution in [0.25, 0.3) is 0 Å². The van der Waals surface area contributed by atoms with E-state index in [1.165, 1.54) is 6.07 Å². The lowest BCUT2D eigenvalue weighted by molar-refractivity contribution is -0.121. The van der Waals surface area contributed by atoms with E-state index in [4.69, 9.17) is 9.47 Å². The molecule has 1 atom stereocenters. The molecule has 0 fully saturated rings. The van der Waals surface area contributed by atoms with E-state index in [0.717, 1.165) is 0 Å². The Kier molecular flexibility index (Phi) is 6.91. The first-order valence-electron chi connectivity index (χ1n) is 8.00. The Morgan fingerprint density at radius 3 is 2.80 bits per heavy atom. The molecule has 2 N–H and O–H groups in total. The number of hydrogen-bond donors (Lipinski definition) is 2. The highest BCUT2D eigenvalue weighted by Gasteiger charge is 2.31. The normalized spacial score (nSPS) is 17.8. The van der Waals surface area contributed by atoms with Gasteiger partial charge in [-0.2, -0.15) is 0 Å². The molecule has 138 valence electrons. The summed E-state index contributed by atoms with van der Waals surface area (Å²) < 4.78 is 36.6. The molecule has 1 heterocycles. The second-order valence-electron chi connectivity index (χ2n) is 5.51. The van der Waals surface area contributed by atoms with Gasteiger partial charge in [-0.25, -0.2) is 8.42 Å². The second kappa shape index (κ2) is 8.93. The van der Waals surface area contributed by atoms with Crippen molar-refractivity contribution in [3.8, 4) is 0 Å². The zero-order valence-electron chi connectivity index (χ0n) is 14.3. The van der Waals surface area contributed by atoms with Crippen LogP contribution < -0.4 is 10.0 Å². The van der Waals surface area contributed by atoms with E-state index in [-0.39, 0.29) is 16.6 Å². The Morgan fingerprint density at radius 2 is 2.04 bits per heavy atom.